The minimum Gasteiger partial charge on any atom is -0.395 e. The lowest BCUT2D eigenvalue weighted by Gasteiger charge is -2.23. The number of rotatable bonds is 5. The zero-order chi connectivity index (χ0) is 15.8. The second-order valence-corrected chi connectivity index (χ2v) is 5.70. The fraction of sp³-hybridized carbons (Fsp3) is 0.500. The third-order valence-electron chi connectivity index (χ3n) is 3.58. The van der Waals surface area contributed by atoms with Crippen molar-refractivity contribution in [3.63, 3.8) is 0 Å². The number of benzene rings is 1. The molecule has 1 unspecified atom stereocenters. The van der Waals surface area contributed by atoms with Crippen LogP contribution < -0.4 is 0 Å². The van der Waals surface area contributed by atoms with Gasteiger partial charge in [-0.05, 0) is 23.6 Å². The van der Waals surface area contributed by atoms with E-state index in [9.17, 15) is 4.79 Å². The molecule has 114 valence electrons. The first-order chi connectivity index (χ1) is 9.95. The van der Waals surface area contributed by atoms with Gasteiger partial charge in [-0.3, -0.25) is 4.79 Å². The van der Waals surface area contributed by atoms with Gasteiger partial charge in [-0.1, -0.05) is 44.7 Å². The third-order valence-corrected chi connectivity index (χ3v) is 3.58. The first kappa shape index (κ1) is 17.3. The molecule has 0 fully saturated rings. The Labute approximate surface area is 128 Å². The van der Waals surface area contributed by atoms with Crippen molar-refractivity contribution in [2.75, 3.05) is 13.7 Å². The van der Waals surface area contributed by atoms with E-state index >= 15 is 0 Å². The normalized spacial score (nSPS) is 11.7. The monoisotopic (exact) mass is 287 g/mol. The van der Waals surface area contributed by atoms with E-state index in [1.54, 1.807) is 4.90 Å². The summed E-state index contributed by atoms with van der Waals surface area (Å²) < 4.78 is 0. The molecule has 3 nitrogen and oxygen atoms in total. The third kappa shape index (κ3) is 5.61. The van der Waals surface area contributed by atoms with Crippen molar-refractivity contribution in [2.45, 2.75) is 33.7 Å². The molecule has 1 atom stereocenters. The van der Waals surface area contributed by atoms with Gasteiger partial charge >= 0.3 is 0 Å². The lowest BCUT2D eigenvalue weighted by Crippen LogP contribution is -2.33. The van der Waals surface area contributed by atoms with Gasteiger partial charge < -0.3 is 10.0 Å². The Morgan fingerprint density at radius 3 is 2.67 bits per heavy atom. The van der Waals surface area contributed by atoms with Crippen LogP contribution in [-0.4, -0.2) is 29.6 Å². The molecule has 0 saturated heterocycles. The van der Waals surface area contributed by atoms with Gasteiger partial charge in [0.25, 0.3) is 0 Å². The summed E-state index contributed by atoms with van der Waals surface area (Å²) in [4.78, 5) is 14.0. The summed E-state index contributed by atoms with van der Waals surface area (Å²) in [7, 11) is 1.84. The standard InChI is InChI=1S/C18H25NO2/c1-14(2)15(3)18(21)19(4)13-17-10-7-9-16(12-17)8-5-6-11-20/h7,9-10,12,14-15,20H,6,11,13H2,1-4H3. The second kappa shape index (κ2) is 8.49. The van der Waals surface area contributed by atoms with Crippen LogP contribution in [0.15, 0.2) is 24.3 Å². The van der Waals surface area contributed by atoms with Crippen molar-refractivity contribution in [2.24, 2.45) is 11.8 Å². The van der Waals surface area contributed by atoms with Gasteiger partial charge in [-0.25, -0.2) is 0 Å². The van der Waals surface area contributed by atoms with Gasteiger partial charge in [0.2, 0.25) is 5.91 Å². The lowest BCUT2D eigenvalue weighted by atomic mass is 9.96. The average molecular weight is 287 g/mol. The highest BCUT2D eigenvalue weighted by Gasteiger charge is 2.20. The molecular weight excluding hydrogens is 262 g/mol. The Kier molecular flexibility index (Phi) is 6.98. The topological polar surface area (TPSA) is 40.5 Å². The lowest BCUT2D eigenvalue weighted by molar-refractivity contribution is -0.135. The van der Waals surface area contributed by atoms with E-state index in [0.29, 0.717) is 18.9 Å². The number of hydrogen-bond acceptors (Lipinski definition) is 2. The molecule has 1 rings (SSSR count). The van der Waals surface area contributed by atoms with Crippen LogP contribution in [-0.2, 0) is 11.3 Å². The Balaban J connectivity index is 2.73. The van der Waals surface area contributed by atoms with Crippen molar-refractivity contribution in [1.82, 2.24) is 4.90 Å². The van der Waals surface area contributed by atoms with E-state index in [2.05, 4.69) is 25.7 Å². The minimum absolute atomic E-state index is 0.0301. The molecule has 0 aliphatic rings. The predicted octanol–water partition coefficient (Wildman–Crippen LogP) is 2.67. The largest absolute Gasteiger partial charge is 0.395 e. The van der Waals surface area contributed by atoms with Crippen molar-refractivity contribution >= 4 is 5.91 Å². The fourth-order valence-corrected chi connectivity index (χ4v) is 1.95. The molecule has 3 heteroatoms. The Bertz CT molecular complexity index is 526. The van der Waals surface area contributed by atoms with E-state index in [-0.39, 0.29) is 18.4 Å². The van der Waals surface area contributed by atoms with Crippen molar-refractivity contribution in [3.05, 3.63) is 35.4 Å². The van der Waals surface area contributed by atoms with Gasteiger partial charge in [-0.15, -0.1) is 0 Å². The molecule has 0 aromatic heterocycles. The predicted molar refractivity (Wildman–Crippen MR) is 85.5 cm³/mol. The van der Waals surface area contributed by atoms with E-state index < -0.39 is 0 Å². The molecular formula is C18H25NO2. The average Bonchev–Trinajstić information content (AvgIpc) is 2.46. The number of hydrogen-bond donors (Lipinski definition) is 1. The van der Waals surface area contributed by atoms with Crippen LogP contribution in [0.3, 0.4) is 0 Å². The molecule has 0 spiro atoms. The van der Waals surface area contributed by atoms with Crippen LogP contribution in [0.4, 0.5) is 0 Å². The highest BCUT2D eigenvalue weighted by atomic mass is 16.2. The van der Waals surface area contributed by atoms with E-state index in [4.69, 9.17) is 5.11 Å². The Morgan fingerprint density at radius 2 is 2.05 bits per heavy atom. The smallest absolute Gasteiger partial charge is 0.225 e. The Hall–Kier alpha value is -1.79. The van der Waals surface area contributed by atoms with Crippen LogP contribution >= 0.6 is 0 Å². The van der Waals surface area contributed by atoms with Crippen LogP contribution in [0.2, 0.25) is 0 Å². The van der Waals surface area contributed by atoms with Crippen LogP contribution in [0, 0.1) is 23.7 Å². The number of carbonyl (C=O) groups is 1. The summed E-state index contributed by atoms with van der Waals surface area (Å²) >= 11 is 0. The zero-order valence-electron chi connectivity index (χ0n) is 13.4. The van der Waals surface area contributed by atoms with Crippen LogP contribution in [0.25, 0.3) is 0 Å². The molecule has 0 heterocycles. The number of carbonyl (C=O) groups excluding carboxylic acids is 1. The quantitative estimate of drug-likeness (QED) is 0.846. The van der Waals surface area contributed by atoms with Crippen LogP contribution in [0.5, 0.6) is 0 Å². The highest BCUT2D eigenvalue weighted by Crippen LogP contribution is 2.15. The van der Waals surface area contributed by atoms with Crippen molar-refractivity contribution in [3.8, 4) is 11.8 Å². The molecule has 0 aliphatic heterocycles. The van der Waals surface area contributed by atoms with Gasteiger partial charge in [0.1, 0.15) is 0 Å². The molecule has 1 aromatic rings. The van der Waals surface area contributed by atoms with Crippen molar-refractivity contribution in [1.29, 1.82) is 0 Å². The molecule has 1 amide bonds. The SMILES string of the molecule is CC(C)C(C)C(=O)N(C)Cc1cccc(C#CCCO)c1. The zero-order valence-corrected chi connectivity index (χ0v) is 13.4. The summed E-state index contributed by atoms with van der Waals surface area (Å²) in [6, 6.07) is 7.88. The van der Waals surface area contributed by atoms with Gasteiger partial charge in [0.15, 0.2) is 0 Å². The van der Waals surface area contributed by atoms with Gasteiger partial charge in [0, 0.05) is 31.5 Å². The molecule has 0 aliphatic carbocycles. The molecule has 0 saturated carbocycles. The molecule has 0 bridgehead atoms. The summed E-state index contributed by atoms with van der Waals surface area (Å²) in [5, 5.41) is 8.73. The summed E-state index contributed by atoms with van der Waals surface area (Å²) in [6.45, 7) is 6.77. The van der Waals surface area contributed by atoms with E-state index in [0.717, 1.165) is 11.1 Å². The van der Waals surface area contributed by atoms with Crippen molar-refractivity contribution < 1.29 is 9.90 Å². The van der Waals surface area contributed by atoms with Gasteiger partial charge in [0.05, 0.1) is 6.61 Å². The molecule has 21 heavy (non-hydrogen) atoms. The first-order valence-electron chi connectivity index (χ1n) is 7.39. The summed E-state index contributed by atoms with van der Waals surface area (Å²) in [5.74, 6) is 6.46. The van der Waals surface area contributed by atoms with Crippen LogP contribution in [0.1, 0.15) is 38.3 Å². The maximum Gasteiger partial charge on any atom is 0.225 e. The fourth-order valence-electron chi connectivity index (χ4n) is 1.95. The number of aliphatic hydroxyl groups excluding tert-OH is 1. The molecule has 0 radical (unpaired) electrons. The number of aliphatic hydroxyl groups is 1. The first-order valence-corrected chi connectivity index (χ1v) is 7.39. The van der Waals surface area contributed by atoms with E-state index in [1.807, 2.05) is 38.2 Å². The van der Waals surface area contributed by atoms with E-state index in [1.165, 1.54) is 0 Å². The maximum absolute atomic E-state index is 12.3. The highest BCUT2D eigenvalue weighted by molar-refractivity contribution is 5.78. The molecule has 1 aromatic carbocycles. The molecule has 1 N–H and O–H groups in total. The second-order valence-electron chi connectivity index (χ2n) is 5.70. The van der Waals surface area contributed by atoms with Gasteiger partial charge in [-0.2, -0.15) is 0 Å². The number of amides is 1. The number of nitrogens with zero attached hydrogens (tertiary/aromatic N) is 1. The summed E-state index contributed by atoms with van der Waals surface area (Å²) in [5.41, 5.74) is 1.98. The summed E-state index contributed by atoms with van der Waals surface area (Å²) in [6.07, 6.45) is 0.481. The maximum atomic E-state index is 12.3. The minimum atomic E-state index is 0.0301. The Morgan fingerprint density at radius 1 is 1.33 bits per heavy atom.